The van der Waals surface area contributed by atoms with E-state index in [9.17, 15) is 4.79 Å². The van der Waals surface area contributed by atoms with Gasteiger partial charge in [0.25, 0.3) is 0 Å². The van der Waals surface area contributed by atoms with E-state index >= 15 is 0 Å². The van der Waals surface area contributed by atoms with Crippen LogP contribution in [0.3, 0.4) is 0 Å². The molecule has 1 aliphatic carbocycles. The number of hydrogen-bond acceptors (Lipinski definition) is 6. The number of methoxy groups -OCH3 is 1. The maximum atomic E-state index is 12.6. The van der Waals surface area contributed by atoms with Gasteiger partial charge in [-0.15, -0.1) is 0 Å². The molecule has 0 amide bonds. The second kappa shape index (κ2) is 9.64. The summed E-state index contributed by atoms with van der Waals surface area (Å²) in [7, 11) is 1.63. The molecule has 0 unspecified atom stereocenters. The molecule has 0 radical (unpaired) electrons. The third kappa shape index (κ3) is 4.64. The second-order valence-electron chi connectivity index (χ2n) is 11.4. The fraction of sp³-hybridized carbons (Fsp3) is 0.281. The Hall–Kier alpha value is -4.43. The first-order valence-corrected chi connectivity index (χ1v) is 13.5. The van der Waals surface area contributed by atoms with E-state index in [1.54, 1.807) is 19.5 Å². The van der Waals surface area contributed by atoms with Gasteiger partial charge in [0.05, 0.1) is 24.7 Å². The molecule has 0 atom stereocenters. The lowest BCUT2D eigenvalue weighted by atomic mass is 9.72. The van der Waals surface area contributed by atoms with E-state index in [-0.39, 0.29) is 5.54 Å². The average Bonchev–Trinajstić information content (AvgIpc) is 3.57. The van der Waals surface area contributed by atoms with Gasteiger partial charge in [0.1, 0.15) is 5.60 Å². The summed E-state index contributed by atoms with van der Waals surface area (Å²) in [6.07, 6.45) is 7.97. The molecular formula is C32H33N5O3. The Morgan fingerprint density at radius 1 is 0.950 bits per heavy atom. The van der Waals surface area contributed by atoms with Gasteiger partial charge in [0, 0.05) is 40.2 Å². The summed E-state index contributed by atoms with van der Waals surface area (Å²) >= 11 is 0. The lowest BCUT2D eigenvalue weighted by Gasteiger charge is -2.38. The summed E-state index contributed by atoms with van der Waals surface area (Å²) in [5.41, 5.74) is 13.0. The maximum absolute atomic E-state index is 12.6. The van der Waals surface area contributed by atoms with Crippen LogP contribution in [-0.4, -0.2) is 38.0 Å². The monoisotopic (exact) mass is 535 g/mol. The van der Waals surface area contributed by atoms with E-state index in [4.69, 9.17) is 20.2 Å². The lowest BCUT2D eigenvalue weighted by molar-refractivity contribution is 0.0514. The van der Waals surface area contributed by atoms with Crippen molar-refractivity contribution in [3.63, 3.8) is 0 Å². The number of fused-ring (bicyclic) bond motifs is 1. The standard InChI is InChI=1S/C32H33N5O3/c1-31(2,3)40-30(38)37-20-24(18-34-37)23-17-26(39-4)29-35-27(28(36(29)19-23)22-9-6-5-7-10-22)21-11-13-25(14-12-21)32(33)15-8-16-32/h5-7,9-14,17-20H,8,15-16,33H2,1-4H3. The Bertz CT molecular complexity index is 1690. The van der Waals surface area contributed by atoms with Crippen LogP contribution in [0, 0.1) is 0 Å². The molecule has 1 fully saturated rings. The number of hydrogen-bond donors (Lipinski definition) is 1. The summed E-state index contributed by atoms with van der Waals surface area (Å²) in [6.45, 7) is 5.47. The highest BCUT2D eigenvalue weighted by atomic mass is 16.6. The molecule has 0 spiro atoms. The predicted octanol–water partition coefficient (Wildman–Crippen LogP) is 6.66. The number of rotatable bonds is 5. The Morgan fingerprint density at radius 2 is 1.68 bits per heavy atom. The summed E-state index contributed by atoms with van der Waals surface area (Å²) < 4.78 is 14.5. The zero-order valence-electron chi connectivity index (χ0n) is 23.2. The number of ether oxygens (including phenoxy) is 2. The lowest BCUT2D eigenvalue weighted by Crippen LogP contribution is -2.43. The Balaban J connectivity index is 1.49. The van der Waals surface area contributed by atoms with Gasteiger partial charge in [-0.3, -0.25) is 4.40 Å². The molecule has 8 nitrogen and oxygen atoms in total. The molecule has 0 saturated heterocycles. The number of benzene rings is 2. The fourth-order valence-corrected chi connectivity index (χ4v) is 5.18. The highest BCUT2D eigenvalue weighted by Crippen LogP contribution is 2.41. The van der Waals surface area contributed by atoms with Crippen molar-refractivity contribution in [2.75, 3.05) is 7.11 Å². The van der Waals surface area contributed by atoms with Crippen molar-refractivity contribution in [1.29, 1.82) is 0 Å². The minimum absolute atomic E-state index is 0.221. The highest BCUT2D eigenvalue weighted by molar-refractivity contribution is 5.85. The van der Waals surface area contributed by atoms with Crippen molar-refractivity contribution in [1.82, 2.24) is 19.2 Å². The molecule has 0 bridgehead atoms. The number of pyridine rings is 1. The number of nitrogens with two attached hydrogens (primary N) is 1. The second-order valence-corrected chi connectivity index (χ2v) is 11.4. The molecule has 40 heavy (non-hydrogen) atoms. The third-order valence-electron chi connectivity index (χ3n) is 7.43. The first kappa shape index (κ1) is 25.8. The normalized spacial score (nSPS) is 14.6. The first-order valence-electron chi connectivity index (χ1n) is 13.5. The van der Waals surface area contributed by atoms with Crippen molar-refractivity contribution >= 4 is 11.7 Å². The molecule has 6 rings (SSSR count). The van der Waals surface area contributed by atoms with Crippen LogP contribution in [0.4, 0.5) is 4.79 Å². The van der Waals surface area contributed by atoms with Gasteiger partial charge < -0.3 is 15.2 Å². The number of imidazole rings is 1. The van der Waals surface area contributed by atoms with Gasteiger partial charge in [-0.05, 0) is 51.7 Å². The minimum Gasteiger partial charge on any atom is -0.493 e. The van der Waals surface area contributed by atoms with Gasteiger partial charge in [0.2, 0.25) is 0 Å². The zero-order valence-corrected chi connectivity index (χ0v) is 23.2. The van der Waals surface area contributed by atoms with Crippen molar-refractivity contribution in [3.8, 4) is 39.4 Å². The van der Waals surface area contributed by atoms with Gasteiger partial charge in [-0.1, -0.05) is 54.6 Å². The van der Waals surface area contributed by atoms with Crippen molar-refractivity contribution in [2.45, 2.75) is 51.2 Å². The zero-order chi connectivity index (χ0) is 28.1. The van der Waals surface area contributed by atoms with E-state index in [2.05, 4.69) is 41.5 Å². The topological polar surface area (TPSA) is 96.7 Å². The molecule has 3 heterocycles. The van der Waals surface area contributed by atoms with Crippen LogP contribution in [0.15, 0.2) is 79.3 Å². The number of aromatic nitrogens is 4. The van der Waals surface area contributed by atoms with Crippen LogP contribution in [0.5, 0.6) is 5.75 Å². The van der Waals surface area contributed by atoms with Crippen LogP contribution in [0.1, 0.15) is 45.6 Å². The first-order chi connectivity index (χ1) is 19.1. The number of carbonyl (C=O) groups excluding carboxylic acids is 1. The van der Waals surface area contributed by atoms with E-state index in [1.165, 1.54) is 11.1 Å². The Kier molecular flexibility index (Phi) is 6.22. The van der Waals surface area contributed by atoms with E-state index in [0.29, 0.717) is 11.4 Å². The van der Waals surface area contributed by atoms with Crippen molar-refractivity contribution < 1.29 is 14.3 Å². The van der Waals surface area contributed by atoms with Crippen LogP contribution in [-0.2, 0) is 10.3 Å². The molecule has 2 N–H and O–H groups in total. The molecule has 5 aromatic rings. The third-order valence-corrected chi connectivity index (χ3v) is 7.43. The highest BCUT2D eigenvalue weighted by Gasteiger charge is 2.34. The quantitative estimate of drug-likeness (QED) is 0.270. The molecule has 0 aliphatic heterocycles. The molecular weight excluding hydrogens is 502 g/mol. The molecule has 204 valence electrons. The maximum Gasteiger partial charge on any atom is 0.435 e. The average molecular weight is 536 g/mol. The SMILES string of the molecule is COc1cc(-c2cnn(C(=O)OC(C)(C)C)c2)cn2c(-c3ccccc3)c(-c3ccc(C4(N)CCC4)cc3)nc12. The van der Waals surface area contributed by atoms with Gasteiger partial charge in [-0.2, -0.15) is 9.78 Å². The van der Waals surface area contributed by atoms with Crippen molar-refractivity contribution in [2.24, 2.45) is 5.73 Å². The number of nitrogens with zero attached hydrogens (tertiary/aromatic N) is 4. The summed E-state index contributed by atoms with van der Waals surface area (Å²) in [5, 5.41) is 4.25. The van der Waals surface area contributed by atoms with Gasteiger partial charge >= 0.3 is 6.09 Å². The predicted molar refractivity (Wildman–Crippen MR) is 155 cm³/mol. The van der Waals surface area contributed by atoms with Crippen LogP contribution in [0.25, 0.3) is 39.3 Å². The number of carbonyl (C=O) groups is 1. The van der Waals surface area contributed by atoms with E-state index in [1.807, 2.05) is 55.6 Å². The molecule has 2 aromatic carbocycles. The minimum atomic E-state index is -0.621. The van der Waals surface area contributed by atoms with Crippen LogP contribution in [0.2, 0.25) is 0 Å². The largest absolute Gasteiger partial charge is 0.493 e. The summed E-state index contributed by atoms with van der Waals surface area (Å²) in [5.74, 6) is 0.609. The molecule has 8 heteroatoms. The van der Waals surface area contributed by atoms with Crippen LogP contribution >= 0.6 is 0 Å². The van der Waals surface area contributed by atoms with Crippen LogP contribution < -0.4 is 10.5 Å². The summed E-state index contributed by atoms with van der Waals surface area (Å²) in [4.78, 5) is 17.7. The van der Waals surface area contributed by atoms with E-state index in [0.717, 1.165) is 52.0 Å². The smallest absolute Gasteiger partial charge is 0.435 e. The van der Waals surface area contributed by atoms with Gasteiger partial charge in [-0.25, -0.2) is 9.78 Å². The molecule has 3 aromatic heterocycles. The van der Waals surface area contributed by atoms with Crippen molar-refractivity contribution in [3.05, 3.63) is 84.8 Å². The van der Waals surface area contributed by atoms with Gasteiger partial charge in [0.15, 0.2) is 11.4 Å². The summed E-state index contributed by atoms with van der Waals surface area (Å²) in [6, 6.07) is 20.6. The molecule has 1 saturated carbocycles. The van der Waals surface area contributed by atoms with E-state index < -0.39 is 11.7 Å². The Labute approximate surface area is 233 Å². The fourth-order valence-electron chi connectivity index (χ4n) is 5.18. The molecule has 1 aliphatic rings. The Morgan fingerprint density at radius 3 is 2.30 bits per heavy atom.